The molecule has 1 aliphatic rings. The Morgan fingerprint density at radius 1 is 1.40 bits per heavy atom. The first kappa shape index (κ1) is 15.4. The summed E-state index contributed by atoms with van der Waals surface area (Å²) in [6.07, 6.45) is 5.41. The number of hydrogen-bond donors (Lipinski definition) is 2. The van der Waals surface area contributed by atoms with E-state index in [1.807, 2.05) is 6.92 Å². The molecule has 0 heterocycles. The summed E-state index contributed by atoms with van der Waals surface area (Å²) in [5.74, 6) is -0.523. The predicted octanol–water partition coefficient (Wildman–Crippen LogP) is 3.89. The van der Waals surface area contributed by atoms with E-state index in [0.717, 1.165) is 31.2 Å². The monoisotopic (exact) mass is 342 g/mol. The smallest absolute Gasteiger partial charge is 0.226 e. The normalized spacial score (nSPS) is 17.8. The summed E-state index contributed by atoms with van der Waals surface area (Å²) in [5.41, 5.74) is 7.19. The van der Waals surface area contributed by atoms with Gasteiger partial charge in [0.15, 0.2) is 0 Å². The van der Waals surface area contributed by atoms with Crippen molar-refractivity contribution >= 4 is 27.5 Å². The van der Waals surface area contributed by atoms with Crippen LogP contribution in [0.4, 0.5) is 10.1 Å². The highest BCUT2D eigenvalue weighted by Gasteiger charge is 2.30. The molecule has 3 nitrogen and oxygen atoms in total. The predicted molar refractivity (Wildman–Crippen MR) is 82.1 cm³/mol. The van der Waals surface area contributed by atoms with Crippen LogP contribution >= 0.6 is 15.9 Å². The Morgan fingerprint density at radius 3 is 2.70 bits per heavy atom. The Morgan fingerprint density at radius 2 is 2.05 bits per heavy atom. The average Bonchev–Trinajstić information content (AvgIpc) is 2.36. The highest BCUT2D eigenvalue weighted by atomic mass is 79.9. The minimum absolute atomic E-state index is 0.140. The lowest BCUT2D eigenvalue weighted by molar-refractivity contribution is -0.117. The van der Waals surface area contributed by atoms with E-state index >= 15 is 0 Å². The molecule has 0 aliphatic heterocycles. The number of carbonyl (C=O) groups is 1. The SMILES string of the molecule is Cc1cc(Br)c(F)cc1NC(=O)CC1(N)CCCCC1. The quantitative estimate of drug-likeness (QED) is 0.875. The number of nitrogens with two attached hydrogens (primary N) is 1. The summed E-state index contributed by atoms with van der Waals surface area (Å²) in [7, 11) is 0. The lowest BCUT2D eigenvalue weighted by Crippen LogP contribution is -2.44. The number of nitrogens with one attached hydrogen (secondary N) is 1. The number of anilines is 1. The van der Waals surface area contributed by atoms with Crippen molar-refractivity contribution in [3.63, 3.8) is 0 Å². The van der Waals surface area contributed by atoms with Crippen LogP contribution in [-0.4, -0.2) is 11.4 Å². The number of benzene rings is 1. The summed E-state index contributed by atoms with van der Waals surface area (Å²) < 4.78 is 13.9. The van der Waals surface area contributed by atoms with Crippen molar-refractivity contribution in [2.24, 2.45) is 5.73 Å². The van der Waals surface area contributed by atoms with Crippen LogP contribution in [0.2, 0.25) is 0 Å². The van der Waals surface area contributed by atoms with Crippen molar-refractivity contribution in [2.75, 3.05) is 5.32 Å². The number of rotatable bonds is 3. The van der Waals surface area contributed by atoms with Crippen molar-refractivity contribution in [1.82, 2.24) is 0 Å². The zero-order valence-corrected chi connectivity index (χ0v) is 13.2. The minimum atomic E-state index is -0.399. The Labute approximate surface area is 127 Å². The van der Waals surface area contributed by atoms with E-state index in [2.05, 4.69) is 21.2 Å². The van der Waals surface area contributed by atoms with Crippen LogP contribution in [0.1, 0.15) is 44.1 Å². The molecule has 5 heteroatoms. The molecule has 1 fully saturated rings. The Hall–Kier alpha value is -0.940. The zero-order valence-electron chi connectivity index (χ0n) is 11.6. The second-order valence-electron chi connectivity index (χ2n) is 5.73. The number of hydrogen-bond acceptors (Lipinski definition) is 2. The molecule has 110 valence electrons. The van der Waals surface area contributed by atoms with Gasteiger partial charge in [-0.05, 0) is 53.4 Å². The van der Waals surface area contributed by atoms with Gasteiger partial charge in [0.1, 0.15) is 5.82 Å². The van der Waals surface area contributed by atoms with E-state index in [-0.39, 0.29) is 11.7 Å². The fraction of sp³-hybridized carbons (Fsp3) is 0.533. The van der Waals surface area contributed by atoms with E-state index in [1.165, 1.54) is 12.5 Å². The summed E-state index contributed by atoms with van der Waals surface area (Å²) >= 11 is 3.13. The van der Waals surface area contributed by atoms with Gasteiger partial charge in [0.25, 0.3) is 0 Å². The maximum absolute atomic E-state index is 13.5. The van der Waals surface area contributed by atoms with E-state index in [9.17, 15) is 9.18 Å². The number of amides is 1. The topological polar surface area (TPSA) is 55.1 Å². The molecular formula is C15H20BrFN2O. The van der Waals surface area contributed by atoms with Gasteiger partial charge in [-0.3, -0.25) is 4.79 Å². The van der Waals surface area contributed by atoms with E-state index in [1.54, 1.807) is 6.07 Å². The van der Waals surface area contributed by atoms with Crippen molar-refractivity contribution in [3.05, 3.63) is 28.0 Å². The number of halogens is 2. The standard InChI is InChI=1S/C15H20BrFN2O/c1-10-7-11(16)12(17)8-13(10)19-14(20)9-15(18)5-3-2-4-6-15/h7-8H,2-6,9,18H2,1H3,(H,19,20). The van der Waals surface area contributed by atoms with Crippen molar-refractivity contribution in [2.45, 2.75) is 51.0 Å². The van der Waals surface area contributed by atoms with E-state index in [0.29, 0.717) is 16.6 Å². The first-order valence-corrected chi connectivity index (χ1v) is 7.73. The molecule has 2 rings (SSSR count). The van der Waals surface area contributed by atoms with Gasteiger partial charge in [-0.2, -0.15) is 0 Å². The van der Waals surface area contributed by atoms with Gasteiger partial charge in [-0.25, -0.2) is 4.39 Å². The maximum Gasteiger partial charge on any atom is 0.226 e. The molecule has 1 aliphatic carbocycles. The van der Waals surface area contributed by atoms with Gasteiger partial charge in [-0.1, -0.05) is 19.3 Å². The molecule has 0 unspecified atom stereocenters. The molecule has 1 aromatic carbocycles. The molecular weight excluding hydrogens is 323 g/mol. The summed E-state index contributed by atoms with van der Waals surface area (Å²) in [6, 6.07) is 2.99. The molecule has 3 N–H and O–H groups in total. The second-order valence-corrected chi connectivity index (χ2v) is 6.58. The summed E-state index contributed by atoms with van der Waals surface area (Å²) in [4.78, 5) is 12.1. The fourth-order valence-corrected chi connectivity index (χ4v) is 3.19. The Bertz CT molecular complexity index is 513. The van der Waals surface area contributed by atoms with Crippen LogP contribution in [0.15, 0.2) is 16.6 Å². The molecule has 1 amide bonds. The van der Waals surface area contributed by atoms with Crippen molar-refractivity contribution < 1.29 is 9.18 Å². The van der Waals surface area contributed by atoms with Crippen molar-refractivity contribution in [1.29, 1.82) is 0 Å². The van der Waals surface area contributed by atoms with Gasteiger partial charge in [0, 0.05) is 17.6 Å². The second kappa shape index (κ2) is 6.22. The molecule has 1 aromatic rings. The van der Waals surface area contributed by atoms with Gasteiger partial charge < -0.3 is 11.1 Å². The minimum Gasteiger partial charge on any atom is -0.326 e. The molecule has 20 heavy (non-hydrogen) atoms. The highest BCUT2D eigenvalue weighted by molar-refractivity contribution is 9.10. The van der Waals surface area contributed by atoms with Crippen LogP contribution < -0.4 is 11.1 Å². The largest absolute Gasteiger partial charge is 0.326 e. The Kier molecular flexibility index (Phi) is 4.81. The van der Waals surface area contributed by atoms with Crippen LogP contribution in [0.3, 0.4) is 0 Å². The third kappa shape index (κ3) is 3.79. The molecule has 1 saturated carbocycles. The Balaban J connectivity index is 2.03. The third-order valence-corrected chi connectivity index (χ3v) is 4.51. The maximum atomic E-state index is 13.5. The van der Waals surface area contributed by atoms with E-state index < -0.39 is 5.54 Å². The van der Waals surface area contributed by atoms with Crippen LogP contribution in [-0.2, 0) is 4.79 Å². The lowest BCUT2D eigenvalue weighted by Gasteiger charge is -2.32. The molecule has 0 radical (unpaired) electrons. The highest BCUT2D eigenvalue weighted by Crippen LogP contribution is 2.29. The van der Waals surface area contributed by atoms with Gasteiger partial charge >= 0.3 is 0 Å². The zero-order chi connectivity index (χ0) is 14.8. The average molecular weight is 343 g/mol. The first-order chi connectivity index (χ1) is 9.39. The van der Waals surface area contributed by atoms with Gasteiger partial charge in [-0.15, -0.1) is 0 Å². The first-order valence-electron chi connectivity index (χ1n) is 6.94. The molecule has 0 atom stereocenters. The van der Waals surface area contributed by atoms with Gasteiger partial charge in [0.05, 0.1) is 4.47 Å². The van der Waals surface area contributed by atoms with Crippen LogP contribution in [0.25, 0.3) is 0 Å². The molecule has 0 saturated heterocycles. The molecule has 0 aromatic heterocycles. The van der Waals surface area contributed by atoms with Gasteiger partial charge in [0.2, 0.25) is 5.91 Å². The summed E-state index contributed by atoms with van der Waals surface area (Å²) in [6.45, 7) is 1.83. The number of aryl methyl sites for hydroxylation is 1. The molecule has 0 spiro atoms. The summed E-state index contributed by atoms with van der Waals surface area (Å²) in [5, 5.41) is 2.77. The lowest BCUT2D eigenvalue weighted by atomic mass is 9.80. The fourth-order valence-electron chi connectivity index (χ4n) is 2.73. The number of carbonyl (C=O) groups excluding carboxylic acids is 1. The van der Waals surface area contributed by atoms with E-state index in [4.69, 9.17) is 5.73 Å². The van der Waals surface area contributed by atoms with Crippen LogP contribution in [0.5, 0.6) is 0 Å². The third-order valence-electron chi connectivity index (χ3n) is 3.90. The van der Waals surface area contributed by atoms with Crippen molar-refractivity contribution in [3.8, 4) is 0 Å². The molecule has 0 bridgehead atoms. The van der Waals surface area contributed by atoms with Crippen LogP contribution in [0, 0.1) is 12.7 Å².